The number of rotatable bonds is 8. The maximum absolute atomic E-state index is 12.8. The van der Waals surface area contributed by atoms with Crippen molar-refractivity contribution in [2.75, 3.05) is 19.6 Å². The number of hydrogen-bond donors (Lipinski definition) is 1. The van der Waals surface area contributed by atoms with Gasteiger partial charge in [0.15, 0.2) is 0 Å². The van der Waals surface area contributed by atoms with Crippen molar-refractivity contribution in [3.63, 3.8) is 0 Å². The molecule has 8 heteroatoms. The molecule has 0 bridgehead atoms. The second-order valence-electron chi connectivity index (χ2n) is 7.57. The highest BCUT2D eigenvalue weighted by molar-refractivity contribution is 9.10. The molecule has 162 valence electrons. The molecule has 1 fully saturated rings. The first-order valence-electron chi connectivity index (χ1n) is 10.1. The molecule has 6 nitrogen and oxygen atoms in total. The minimum atomic E-state index is -3.57. The fourth-order valence-corrected chi connectivity index (χ4v) is 5.31. The Morgan fingerprint density at radius 2 is 1.80 bits per heavy atom. The zero-order chi connectivity index (χ0) is 21.7. The van der Waals surface area contributed by atoms with E-state index >= 15 is 0 Å². The van der Waals surface area contributed by atoms with Crippen molar-refractivity contribution in [3.8, 4) is 5.75 Å². The molecule has 30 heavy (non-hydrogen) atoms. The van der Waals surface area contributed by atoms with Crippen molar-refractivity contribution < 1.29 is 17.9 Å². The van der Waals surface area contributed by atoms with Crippen molar-refractivity contribution in [1.82, 2.24) is 9.62 Å². The third-order valence-corrected chi connectivity index (χ3v) is 7.47. The van der Waals surface area contributed by atoms with Gasteiger partial charge >= 0.3 is 0 Å². The number of sulfonamides is 1. The Bertz CT molecular complexity index is 985. The largest absolute Gasteiger partial charge is 0.491 e. The number of amides is 1. The van der Waals surface area contributed by atoms with E-state index in [1.54, 1.807) is 6.07 Å². The summed E-state index contributed by atoms with van der Waals surface area (Å²) in [5.41, 5.74) is 1.40. The molecule has 0 radical (unpaired) electrons. The van der Waals surface area contributed by atoms with Gasteiger partial charge in [-0.1, -0.05) is 12.1 Å². The van der Waals surface area contributed by atoms with E-state index in [0.29, 0.717) is 36.1 Å². The second kappa shape index (κ2) is 9.94. The minimum absolute atomic E-state index is 0.124. The Hall–Kier alpha value is -1.90. The van der Waals surface area contributed by atoms with E-state index < -0.39 is 10.0 Å². The zero-order valence-corrected chi connectivity index (χ0v) is 19.6. The molecule has 0 atom stereocenters. The van der Waals surface area contributed by atoms with Crippen LogP contribution in [0.15, 0.2) is 51.8 Å². The molecule has 1 N–H and O–H groups in total. The zero-order valence-electron chi connectivity index (χ0n) is 17.2. The summed E-state index contributed by atoms with van der Waals surface area (Å²) in [6, 6.07) is 12.4. The van der Waals surface area contributed by atoms with Crippen LogP contribution in [0, 0.1) is 0 Å². The highest BCUT2D eigenvalue weighted by Gasteiger charge is 2.28. The van der Waals surface area contributed by atoms with E-state index in [4.69, 9.17) is 4.74 Å². The Morgan fingerprint density at radius 1 is 1.13 bits per heavy atom. The van der Waals surface area contributed by atoms with Gasteiger partial charge in [-0.15, -0.1) is 0 Å². The van der Waals surface area contributed by atoms with Crippen LogP contribution in [0.5, 0.6) is 5.75 Å². The third kappa shape index (κ3) is 5.62. The van der Waals surface area contributed by atoms with Crippen LogP contribution in [0.1, 0.15) is 42.6 Å². The monoisotopic (exact) mass is 494 g/mol. The van der Waals surface area contributed by atoms with Crippen LogP contribution in [0.2, 0.25) is 0 Å². The predicted octanol–water partition coefficient (Wildman–Crippen LogP) is 3.99. The lowest BCUT2D eigenvalue weighted by Gasteiger charge is -2.16. The molecule has 0 unspecified atom stereocenters. The summed E-state index contributed by atoms with van der Waals surface area (Å²) >= 11 is 3.36. The van der Waals surface area contributed by atoms with Gasteiger partial charge in [0.25, 0.3) is 5.91 Å². The number of nitrogens with one attached hydrogen (secondary N) is 1. The fraction of sp³-hybridized carbons (Fsp3) is 0.409. The lowest BCUT2D eigenvalue weighted by Crippen LogP contribution is -2.29. The quantitative estimate of drug-likeness (QED) is 0.601. The Labute approximate surface area is 186 Å². The van der Waals surface area contributed by atoms with Crippen LogP contribution >= 0.6 is 15.9 Å². The van der Waals surface area contributed by atoms with Crippen LogP contribution in [-0.4, -0.2) is 44.4 Å². The van der Waals surface area contributed by atoms with Gasteiger partial charge in [0.2, 0.25) is 10.0 Å². The molecule has 0 spiro atoms. The Morgan fingerprint density at radius 3 is 2.43 bits per heavy atom. The smallest absolute Gasteiger partial charge is 0.252 e. The van der Waals surface area contributed by atoms with Gasteiger partial charge in [-0.25, -0.2) is 8.42 Å². The van der Waals surface area contributed by atoms with Crippen molar-refractivity contribution in [2.45, 2.75) is 44.1 Å². The van der Waals surface area contributed by atoms with E-state index in [1.807, 2.05) is 38.1 Å². The van der Waals surface area contributed by atoms with Crippen LogP contribution < -0.4 is 10.1 Å². The lowest BCUT2D eigenvalue weighted by molar-refractivity contribution is 0.0953. The van der Waals surface area contributed by atoms with Crippen LogP contribution in [-0.2, 0) is 16.4 Å². The molecule has 1 saturated heterocycles. The highest BCUT2D eigenvalue weighted by atomic mass is 79.9. The van der Waals surface area contributed by atoms with Crippen molar-refractivity contribution in [1.29, 1.82) is 0 Å². The van der Waals surface area contributed by atoms with E-state index in [-0.39, 0.29) is 16.9 Å². The predicted molar refractivity (Wildman–Crippen MR) is 120 cm³/mol. The van der Waals surface area contributed by atoms with Gasteiger partial charge in [-0.05, 0) is 84.9 Å². The van der Waals surface area contributed by atoms with E-state index in [2.05, 4.69) is 21.2 Å². The number of carbonyl (C=O) groups is 1. The van der Waals surface area contributed by atoms with E-state index in [0.717, 1.165) is 24.2 Å². The van der Waals surface area contributed by atoms with E-state index in [9.17, 15) is 13.2 Å². The molecule has 0 saturated carbocycles. The summed E-state index contributed by atoms with van der Waals surface area (Å²) in [4.78, 5) is 12.8. The SMILES string of the molecule is CC(C)Oc1ccc(CCNC(=O)c2cc(S(=O)(=O)N3CCCC3)ccc2Br)cc1. The van der Waals surface area contributed by atoms with Crippen LogP contribution in [0.25, 0.3) is 0 Å². The van der Waals surface area contributed by atoms with Crippen molar-refractivity contribution >= 4 is 31.9 Å². The lowest BCUT2D eigenvalue weighted by atomic mass is 10.1. The normalized spacial score (nSPS) is 14.8. The molecule has 3 rings (SSSR count). The molecule has 1 aliphatic rings. The van der Waals surface area contributed by atoms with Crippen LogP contribution in [0.3, 0.4) is 0 Å². The van der Waals surface area contributed by atoms with Gasteiger partial charge in [0, 0.05) is 24.1 Å². The molecule has 2 aromatic rings. The number of nitrogens with zero attached hydrogens (tertiary/aromatic N) is 1. The van der Waals surface area contributed by atoms with Crippen LogP contribution in [0.4, 0.5) is 0 Å². The highest BCUT2D eigenvalue weighted by Crippen LogP contribution is 2.25. The third-order valence-electron chi connectivity index (χ3n) is 4.88. The summed E-state index contributed by atoms with van der Waals surface area (Å²) in [5.74, 6) is 0.512. The molecule has 1 aliphatic heterocycles. The summed E-state index contributed by atoms with van der Waals surface area (Å²) in [6.07, 6.45) is 2.52. The Balaban J connectivity index is 1.62. The number of halogens is 1. The molecule has 1 amide bonds. The average molecular weight is 495 g/mol. The van der Waals surface area contributed by atoms with E-state index in [1.165, 1.54) is 16.4 Å². The maximum Gasteiger partial charge on any atom is 0.252 e. The van der Waals surface area contributed by atoms with Gasteiger partial charge < -0.3 is 10.1 Å². The minimum Gasteiger partial charge on any atom is -0.491 e. The van der Waals surface area contributed by atoms with Crippen molar-refractivity contribution in [2.24, 2.45) is 0 Å². The molecule has 1 heterocycles. The number of carbonyl (C=O) groups excluding carboxylic acids is 1. The first-order chi connectivity index (χ1) is 14.3. The average Bonchev–Trinajstić information content (AvgIpc) is 3.25. The molecular weight excluding hydrogens is 468 g/mol. The summed E-state index contributed by atoms with van der Waals surface area (Å²) in [6.45, 7) is 5.46. The summed E-state index contributed by atoms with van der Waals surface area (Å²) < 4.78 is 33.2. The standard InChI is InChI=1S/C22H27BrN2O4S/c1-16(2)29-18-7-5-17(6-8-18)11-12-24-22(26)20-15-19(9-10-21(20)23)30(27,28)25-13-3-4-14-25/h5-10,15-16H,3-4,11-14H2,1-2H3,(H,24,26). The van der Waals surface area contributed by atoms with Crippen molar-refractivity contribution in [3.05, 3.63) is 58.1 Å². The number of hydrogen-bond acceptors (Lipinski definition) is 4. The molecule has 0 aromatic heterocycles. The molecule has 2 aromatic carbocycles. The number of ether oxygens (including phenoxy) is 1. The van der Waals surface area contributed by atoms with Gasteiger partial charge in [-0.2, -0.15) is 4.31 Å². The topological polar surface area (TPSA) is 75.7 Å². The first-order valence-corrected chi connectivity index (χ1v) is 12.3. The summed E-state index contributed by atoms with van der Waals surface area (Å²) in [7, 11) is -3.57. The van der Waals surface area contributed by atoms with Gasteiger partial charge in [-0.3, -0.25) is 4.79 Å². The molecule has 0 aliphatic carbocycles. The van der Waals surface area contributed by atoms with Gasteiger partial charge in [0.05, 0.1) is 16.6 Å². The second-order valence-corrected chi connectivity index (χ2v) is 10.4. The van der Waals surface area contributed by atoms with Gasteiger partial charge in [0.1, 0.15) is 5.75 Å². The molecular formula is C22H27BrN2O4S. The summed E-state index contributed by atoms with van der Waals surface area (Å²) in [5, 5.41) is 2.87. The first kappa shape index (κ1) is 22.8. The maximum atomic E-state index is 12.8. The number of benzene rings is 2. The Kier molecular flexibility index (Phi) is 7.55. The fourth-order valence-electron chi connectivity index (χ4n) is 3.34.